The van der Waals surface area contributed by atoms with Crippen molar-refractivity contribution in [1.82, 2.24) is 9.88 Å². The topological polar surface area (TPSA) is 79.2 Å². The fraction of sp³-hybridized carbons (Fsp3) is 0.176. The molecule has 1 aromatic carbocycles. The van der Waals surface area contributed by atoms with E-state index in [9.17, 15) is 9.59 Å². The summed E-state index contributed by atoms with van der Waals surface area (Å²) < 4.78 is 0. The van der Waals surface area contributed by atoms with Crippen molar-refractivity contribution in [3.8, 4) is 0 Å². The summed E-state index contributed by atoms with van der Waals surface area (Å²) in [6.45, 7) is 3.41. The summed E-state index contributed by atoms with van der Waals surface area (Å²) in [7, 11) is 0. The van der Waals surface area contributed by atoms with Crippen molar-refractivity contribution >= 4 is 22.7 Å². The molecule has 1 aliphatic heterocycles. The van der Waals surface area contributed by atoms with E-state index in [1.54, 1.807) is 6.20 Å². The zero-order valence-electron chi connectivity index (χ0n) is 12.5. The van der Waals surface area contributed by atoms with Crippen molar-refractivity contribution in [2.24, 2.45) is 5.73 Å². The van der Waals surface area contributed by atoms with Gasteiger partial charge in [-0.15, -0.1) is 0 Å². The number of primary amides is 1. The highest BCUT2D eigenvalue weighted by atomic mass is 16.2. The van der Waals surface area contributed by atoms with Gasteiger partial charge in [-0.05, 0) is 18.6 Å². The summed E-state index contributed by atoms with van der Waals surface area (Å²) >= 11 is 0. The Labute approximate surface area is 128 Å². The molecule has 0 fully saturated rings. The van der Waals surface area contributed by atoms with Gasteiger partial charge in [0.25, 0.3) is 0 Å². The molecule has 1 atom stereocenters. The Morgan fingerprint density at radius 3 is 2.68 bits per heavy atom. The molecule has 22 heavy (non-hydrogen) atoms. The lowest BCUT2D eigenvalue weighted by Gasteiger charge is -2.24. The van der Waals surface area contributed by atoms with E-state index >= 15 is 0 Å². The van der Waals surface area contributed by atoms with Gasteiger partial charge in [-0.25, -0.2) is 0 Å². The molecular weight excluding hydrogens is 278 g/mol. The molecule has 0 saturated carbocycles. The van der Waals surface area contributed by atoms with Crippen LogP contribution < -0.4 is 5.73 Å². The molecule has 2 amide bonds. The molecule has 2 aromatic rings. The fourth-order valence-electron chi connectivity index (χ4n) is 2.92. The van der Waals surface area contributed by atoms with Gasteiger partial charge < -0.3 is 10.7 Å². The smallest absolute Gasteiger partial charge is 0.247 e. The molecule has 5 heteroatoms. The number of hydrogen-bond acceptors (Lipinski definition) is 2. The maximum atomic E-state index is 11.8. The number of allylic oxidation sites excluding steroid dienone is 1. The molecule has 2 heterocycles. The van der Waals surface area contributed by atoms with Gasteiger partial charge in [0, 0.05) is 47.4 Å². The van der Waals surface area contributed by atoms with E-state index < -0.39 is 5.91 Å². The van der Waals surface area contributed by atoms with Gasteiger partial charge in [-0.3, -0.25) is 14.5 Å². The Kier molecular flexibility index (Phi) is 3.33. The largest absolute Gasteiger partial charge is 0.366 e. The van der Waals surface area contributed by atoms with Gasteiger partial charge in [-0.1, -0.05) is 24.3 Å². The van der Waals surface area contributed by atoms with Crippen LogP contribution in [0.2, 0.25) is 0 Å². The normalized spacial score (nSPS) is 17.6. The van der Waals surface area contributed by atoms with Gasteiger partial charge in [0.05, 0.1) is 0 Å². The van der Waals surface area contributed by atoms with E-state index in [-0.39, 0.29) is 11.8 Å². The predicted octanol–water partition coefficient (Wildman–Crippen LogP) is 2.30. The quantitative estimate of drug-likeness (QED) is 0.891. The van der Waals surface area contributed by atoms with E-state index in [2.05, 4.69) is 4.98 Å². The zero-order chi connectivity index (χ0) is 15.9. The van der Waals surface area contributed by atoms with Crippen molar-refractivity contribution < 1.29 is 9.59 Å². The third-order valence-electron chi connectivity index (χ3n) is 3.95. The highest BCUT2D eigenvalue weighted by Crippen LogP contribution is 2.36. The number of benzene rings is 1. The van der Waals surface area contributed by atoms with Crippen LogP contribution in [0.1, 0.15) is 24.1 Å². The average molecular weight is 295 g/mol. The molecule has 1 unspecified atom stereocenters. The predicted molar refractivity (Wildman–Crippen MR) is 84.7 cm³/mol. The van der Waals surface area contributed by atoms with Crippen LogP contribution in [0.5, 0.6) is 0 Å². The van der Waals surface area contributed by atoms with Crippen LogP contribution in [-0.2, 0) is 9.59 Å². The van der Waals surface area contributed by atoms with E-state index in [1.807, 2.05) is 37.3 Å². The molecule has 0 spiro atoms. The molecule has 5 nitrogen and oxygen atoms in total. The van der Waals surface area contributed by atoms with E-state index in [1.165, 1.54) is 18.0 Å². The van der Waals surface area contributed by atoms with Crippen molar-refractivity contribution in [3.63, 3.8) is 0 Å². The van der Waals surface area contributed by atoms with E-state index in [0.717, 1.165) is 22.2 Å². The number of aromatic nitrogens is 1. The van der Waals surface area contributed by atoms with Crippen LogP contribution >= 0.6 is 0 Å². The fourth-order valence-corrected chi connectivity index (χ4v) is 2.92. The number of nitrogens with one attached hydrogen (secondary N) is 1. The molecule has 0 bridgehead atoms. The number of nitrogens with two attached hydrogens (primary N) is 1. The maximum absolute atomic E-state index is 11.8. The van der Waals surface area contributed by atoms with Crippen LogP contribution in [-0.4, -0.2) is 21.7 Å². The first kappa shape index (κ1) is 14.1. The molecule has 0 aliphatic carbocycles. The Hall–Kier alpha value is -2.82. The van der Waals surface area contributed by atoms with Crippen LogP contribution in [0, 0.1) is 6.92 Å². The number of nitrogens with zero attached hydrogens (tertiary/aromatic N) is 1. The van der Waals surface area contributed by atoms with Crippen molar-refractivity contribution in [2.75, 3.05) is 0 Å². The molecule has 0 saturated heterocycles. The average Bonchev–Trinajstić information content (AvgIpc) is 2.82. The number of para-hydroxylation sites is 1. The highest BCUT2D eigenvalue weighted by molar-refractivity contribution is 5.97. The Balaban J connectivity index is 2.16. The first-order valence-electron chi connectivity index (χ1n) is 7.05. The first-order valence-corrected chi connectivity index (χ1v) is 7.05. The lowest BCUT2D eigenvalue weighted by Crippen LogP contribution is -2.27. The molecule has 3 N–H and O–H groups in total. The Bertz CT molecular complexity index is 830. The van der Waals surface area contributed by atoms with Gasteiger partial charge in [0.15, 0.2) is 0 Å². The maximum Gasteiger partial charge on any atom is 0.247 e. The third kappa shape index (κ3) is 2.20. The summed E-state index contributed by atoms with van der Waals surface area (Å²) in [4.78, 5) is 28.1. The second-order valence-corrected chi connectivity index (χ2v) is 5.40. The zero-order valence-corrected chi connectivity index (χ0v) is 12.5. The highest BCUT2D eigenvalue weighted by Gasteiger charge is 2.27. The number of amides is 2. The number of hydrogen-bond donors (Lipinski definition) is 2. The minimum absolute atomic E-state index is 0.163. The van der Waals surface area contributed by atoms with Gasteiger partial charge in [0.1, 0.15) is 0 Å². The van der Waals surface area contributed by atoms with Crippen molar-refractivity contribution in [2.45, 2.75) is 19.8 Å². The van der Waals surface area contributed by atoms with Gasteiger partial charge in [0.2, 0.25) is 11.8 Å². The van der Waals surface area contributed by atoms with Gasteiger partial charge >= 0.3 is 0 Å². The van der Waals surface area contributed by atoms with Crippen LogP contribution in [0.4, 0.5) is 0 Å². The summed E-state index contributed by atoms with van der Waals surface area (Å²) in [5.74, 6) is -0.946. The monoisotopic (exact) mass is 295 g/mol. The Morgan fingerprint density at radius 1 is 1.27 bits per heavy atom. The Morgan fingerprint density at radius 2 is 2.00 bits per heavy atom. The minimum Gasteiger partial charge on any atom is -0.366 e. The number of fused-ring (bicyclic) bond motifs is 1. The molecule has 112 valence electrons. The lowest BCUT2D eigenvalue weighted by atomic mass is 9.87. The number of carbonyl (C=O) groups excluding carboxylic acids is 2. The second kappa shape index (κ2) is 5.18. The van der Waals surface area contributed by atoms with Crippen LogP contribution in [0.15, 0.2) is 48.3 Å². The summed E-state index contributed by atoms with van der Waals surface area (Å²) in [5, 5.41) is 1.05. The lowest BCUT2D eigenvalue weighted by molar-refractivity contribution is -0.124. The minimum atomic E-state index is -0.523. The van der Waals surface area contributed by atoms with Crippen LogP contribution in [0.25, 0.3) is 10.9 Å². The number of H-pyrrole nitrogens is 1. The SMILES string of the molecule is CC(=O)N1C=CC(c2c(C)[nH]c3ccccc23)C(C(N)=O)=C1. The first-order chi connectivity index (χ1) is 10.5. The summed E-state index contributed by atoms with van der Waals surface area (Å²) in [6.07, 6.45) is 5.04. The van der Waals surface area contributed by atoms with E-state index in [0.29, 0.717) is 5.57 Å². The summed E-state index contributed by atoms with van der Waals surface area (Å²) in [5.41, 5.74) is 8.95. The van der Waals surface area contributed by atoms with Crippen molar-refractivity contribution in [3.05, 3.63) is 59.6 Å². The number of aromatic amines is 1. The molecule has 1 aromatic heterocycles. The molecule has 1 aliphatic rings. The standard InChI is InChI=1S/C17H17N3O2/c1-10-16(13-5-3-4-6-15(13)19-10)12-7-8-20(11(2)21)9-14(12)17(18)22/h3-9,12,19H,1-2H3,(H2,18,22). The van der Waals surface area contributed by atoms with Gasteiger partial charge in [-0.2, -0.15) is 0 Å². The summed E-state index contributed by atoms with van der Waals surface area (Å²) in [6, 6.07) is 7.92. The molecule has 0 radical (unpaired) electrons. The second-order valence-electron chi connectivity index (χ2n) is 5.40. The third-order valence-corrected chi connectivity index (χ3v) is 3.95. The number of rotatable bonds is 2. The molecular formula is C17H17N3O2. The van der Waals surface area contributed by atoms with Crippen molar-refractivity contribution in [1.29, 1.82) is 0 Å². The van der Waals surface area contributed by atoms with Crippen LogP contribution in [0.3, 0.4) is 0 Å². The van der Waals surface area contributed by atoms with E-state index in [4.69, 9.17) is 5.73 Å². The number of carbonyl (C=O) groups is 2. The molecule has 3 rings (SSSR count). The number of aryl methyl sites for hydroxylation is 1.